The first-order chi connectivity index (χ1) is 18.0. The number of carboxylic acids is 1. The lowest BCUT2D eigenvalue weighted by molar-refractivity contribution is 0.0697. The lowest BCUT2D eigenvalue weighted by atomic mass is 10.1. The van der Waals surface area contributed by atoms with Crippen LogP contribution in [0.5, 0.6) is 11.5 Å². The Morgan fingerprint density at radius 2 is 1.66 bits per heavy atom. The minimum atomic E-state index is -4.80. The number of ether oxygens (including phenoxy) is 1. The van der Waals surface area contributed by atoms with E-state index < -0.39 is 32.4 Å². The molecular weight excluding hydrogens is 516 g/mol. The Kier molecular flexibility index (Phi) is 6.92. The summed E-state index contributed by atoms with van der Waals surface area (Å²) in [6, 6.07) is 14.1. The van der Waals surface area contributed by atoms with Crippen LogP contribution in [-0.2, 0) is 10.1 Å². The molecule has 0 saturated heterocycles. The lowest BCUT2D eigenvalue weighted by Gasteiger charge is -2.10. The average Bonchev–Trinajstić information content (AvgIpc) is 2.87. The van der Waals surface area contributed by atoms with Crippen LogP contribution in [0.3, 0.4) is 0 Å². The van der Waals surface area contributed by atoms with Gasteiger partial charge in [0.15, 0.2) is 5.75 Å². The van der Waals surface area contributed by atoms with Crippen LogP contribution < -0.4 is 16.2 Å². The van der Waals surface area contributed by atoms with Crippen LogP contribution in [0.1, 0.15) is 10.4 Å². The van der Waals surface area contributed by atoms with Crippen LogP contribution in [0.4, 0.5) is 34.1 Å². The van der Waals surface area contributed by atoms with Gasteiger partial charge < -0.3 is 26.4 Å². The predicted molar refractivity (Wildman–Crippen MR) is 139 cm³/mol. The molecule has 7 N–H and O–H groups in total. The largest absolute Gasteiger partial charge is 0.505 e. The highest BCUT2D eigenvalue weighted by molar-refractivity contribution is 7.86. The molecule has 4 aromatic rings. The summed E-state index contributed by atoms with van der Waals surface area (Å²) in [4.78, 5) is 10.5. The smallest absolute Gasteiger partial charge is 0.335 e. The van der Waals surface area contributed by atoms with Crippen molar-refractivity contribution < 1.29 is 32.7 Å². The fourth-order valence-electron chi connectivity index (χ4n) is 3.47. The number of fused-ring (bicyclic) bond motifs is 1. The van der Waals surface area contributed by atoms with Gasteiger partial charge in [0.1, 0.15) is 27.7 Å². The minimum absolute atomic E-state index is 0.0339. The first-order valence-corrected chi connectivity index (χ1v) is 12.1. The van der Waals surface area contributed by atoms with E-state index in [-0.39, 0.29) is 39.4 Å². The van der Waals surface area contributed by atoms with Gasteiger partial charge in [0.25, 0.3) is 10.1 Å². The number of azo groups is 2. The zero-order valence-electron chi connectivity index (χ0n) is 19.6. The maximum absolute atomic E-state index is 12.0. The molecule has 0 aliphatic carbocycles. The summed E-state index contributed by atoms with van der Waals surface area (Å²) >= 11 is 0. The number of carbonyl (C=O) groups is 1. The van der Waals surface area contributed by atoms with Gasteiger partial charge in [-0.15, -0.1) is 15.3 Å². The Morgan fingerprint density at radius 3 is 2.34 bits per heavy atom. The summed E-state index contributed by atoms with van der Waals surface area (Å²) < 4.78 is 39.1. The summed E-state index contributed by atoms with van der Waals surface area (Å²) in [7, 11) is -3.46. The summed E-state index contributed by atoms with van der Waals surface area (Å²) in [5, 5.41) is 36.2. The number of aromatic carboxylic acids is 1. The molecule has 0 heterocycles. The van der Waals surface area contributed by atoms with Crippen molar-refractivity contribution in [3.63, 3.8) is 0 Å². The molecule has 4 rings (SSSR count). The van der Waals surface area contributed by atoms with Crippen molar-refractivity contribution in [3.8, 4) is 11.5 Å². The standard InChI is InChI=1S/C24H20N6O7S/c1-37-20-11-18(28-27-15-4-2-3-13(7-15)24(32)33)17(26)10-19(20)29-30-22-21(38(34,35)36)8-12-5-6-14(25)9-16(12)23(22)31/h2-11,31H,25-26H2,1H3,(H,32,33)(H,34,35,36). The van der Waals surface area contributed by atoms with E-state index in [1.54, 1.807) is 6.07 Å². The molecule has 4 aromatic carbocycles. The third kappa shape index (κ3) is 5.35. The highest BCUT2D eigenvalue weighted by Gasteiger charge is 2.22. The SMILES string of the molecule is COc1cc(N=Nc2cccc(C(=O)O)c2)c(N)cc1N=Nc1c(S(=O)(=O)O)cc2ccc(N)cc2c1O. The number of hydrogen-bond acceptors (Lipinski definition) is 11. The molecule has 0 unspecified atom stereocenters. The first kappa shape index (κ1) is 26.0. The van der Waals surface area contributed by atoms with Crippen LogP contribution >= 0.6 is 0 Å². The van der Waals surface area contributed by atoms with Gasteiger partial charge in [-0.05, 0) is 47.9 Å². The molecule has 14 heteroatoms. The Balaban J connectivity index is 1.76. The van der Waals surface area contributed by atoms with E-state index in [1.807, 2.05) is 0 Å². The van der Waals surface area contributed by atoms with E-state index in [4.69, 9.17) is 21.3 Å². The Hall–Kier alpha value is -5.08. The van der Waals surface area contributed by atoms with Crippen molar-refractivity contribution in [2.75, 3.05) is 18.6 Å². The molecule has 0 atom stereocenters. The van der Waals surface area contributed by atoms with Crippen LogP contribution in [0, 0.1) is 0 Å². The average molecular weight is 537 g/mol. The molecular formula is C24H20N6O7S. The number of phenols is 1. The van der Waals surface area contributed by atoms with Crippen molar-refractivity contribution in [1.29, 1.82) is 0 Å². The second kappa shape index (κ2) is 10.1. The molecule has 0 radical (unpaired) electrons. The fraction of sp³-hybridized carbons (Fsp3) is 0.0417. The highest BCUT2D eigenvalue weighted by Crippen LogP contribution is 2.43. The summed E-state index contributed by atoms with van der Waals surface area (Å²) in [6.45, 7) is 0. The number of anilines is 2. The van der Waals surface area contributed by atoms with Crippen molar-refractivity contribution in [2.24, 2.45) is 20.5 Å². The quantitative estimate of drug-likeness (QED) is 0.114. The molecule has 0 fully saturated rings. The number of aromatic hydroxyl groups is 1. The number of hydrogen-bond donors (Lipinski definition) is 5. The highest BCUT2D eigenvalue weighted by atomic mass is 32.2. The predicted octanol–water partition coefficient (Wildman–Crippen LogP) is 5.49. The number of nitrogens with zero attached hydrogens (tertiary/aromatic N) is 4. The number of nitrogens with two attached hydrogens (primary N) is 2. The molecule has 0 amide bonds. The molecule has 0 aliphatic rings. The van der Waals surface area contributed by atoms with Gasteiger partial charge in [-0.1, -0.05) is 12.1 Å². The Bertz CT molecular complexity index is 1750. The third-order valence-electron chi connectivity index (χ3n) is 5.31. The van der Waals surface area contributed by atoms with Gasteiger partial charge in [-0.25, -0.2) is 4.79 Å². The second-order valence-electron chi connectivity index (χ2n) is 7.87. The van der Waals surface area contributed by atoms with Crippen molar-refractivity contribution >= 4 is 61.0 Å². The van der Waals surface area contributed by atoms with Crippen molar-refractivity contribution in [3.05, 3.63) is 66.2 Å². The van der Waals surface area contributed by atoms with Crippen molar-refractivity contribution in [1.82, 2.24) is 0 Å². The van der Waals surface area contributed by atoms with Gasteiger partial charge in [0.05, 0.1) is 24.0 Å². The van der Waals surface area contributed by atoms with E-state index >= 15 is 0 Å². The Labute approximate surface area is 215 Å². The van der Waals surface area contributed by atoms with Crippen LogP contribution in [0.2, 0.25) is 0 Å². The zero-order valence-corrected chi connectivity index (χ0v) is 20.4. The van der Waals surface area contributed by atoms with Gasteiger partial charge in [0, 0.05) is 17.1 Å². The van der Waals surface area contributed by atoms with Gasteiger partial charge in [-0.3, -0.25) is 4.55 Å². The van der Waals surface area contributed by atoms with Gasteiger partial charge in [-0.2, -0.15) is 13.5 Å². The number of methoxy groups -OCH3 is 1. The first-order valence-electron chi connectivity index (χ1n) is 10.6. The number of carboxylic acid groups (broad SMARTS) is 1. The van der Waals surface area contributed by atoms with Gasteiger partial charge in [0.2, 0.25) is 0 Å². The maximum Gasteiger partial charge on any atom is 0.335 e. The third-order valence-corrected chi connectivity index (χ3v) is 6.17. The molecule has 0 aromatic heterocycles. The maximum atomic E-state index is 12.0. The number of phenolic OH excluding ortho intramolecular Hbond substituents is 1. The number of rotatable bonds is 7. The summed E-state index contributed by atoms with van der Waals surface area (Å²) in [6.07, 6.45) is 0. The fourth-order valence-corrected chi connectivity index (χ4v) is 4.13. The monoisotopic (exact) mass is 536 g/mol. The summed E-state index contributed by atoms with van der Waals surface area (Å²) in [5.74, 6) is -1.56. The molecule has 0 bridgehead atoms. The summed E-state index contributed by atoms with van der Waals surface area (Å²) in [5.41, 5.74) is 12.3. The van der Waals surface area contributed by atoms with E-state index in [0.29, 0.717) is 11.1 Å². The molecule has 0 aliphatic heterocycles. The van der Waals surface area contributed by atoms with Crippen molar-refractivity contribution in [2.45, 2.75) is 4.90 Å². The van der Waals surface area contributed by atoms with E-state index in [9.17, 15) is 22.9 Å². The van der Waals surface area contributed by atoms with E-state index in [0.717, 1.165) is 6.07 Å². The minimum Gasteiger partial charge on any atom is -0.505 e. The number of nitrogen functional groups attached to an aromatic ring is 2. The lowest BCUT2D eigenvalue weighted by Crippen LogP contribution is -1.99. The van der Waals surface area contributed by atoms with E-state index in [2.05, 4.69) is 20.5 Å². The van der Waals surface area contributed by atoms with Crippen LogP contribution in [-0.4, -0.2) is 36.3 Å². The molecule has 194 valence electrons. The Morgan fingerprint density at radius 1 is 0.921 bits per heavy atom. The molecule has 13 nitrogen and oxygen atoms in total. The molecule has 0 spiro atoms. The van der Waals surface area contributed by atoms with Crippen LogP contribution in [0.15, 0.2) is 86.0 Å². The zero-order chi connectivity index (χ0) is 27.6. The van der Waals surface area contributed by atoms with Crippen LogP contribution in [0.25, 0.3) is 10.8 Å². The molecule has 0 saturated carbocycles. The second-order valence-corrected chi connectivity index (χ2v) is 9.26. The number of benzene rings is 4. The van der Waals surface area contributed by atoms with Gasteiger partial charge >= 0.3 is 5.97 Å². The topological polar surface area (TPSA) is 223 Å². The normalized spacial score (nSPS) is 11.9. The molecule has 38 heavy (non-hydrogen) atoms. The van der Waals surface area contributed by atoms with E-state index in [1.165, 1.54) is 55.6 Å².